The molecule has 11 heteroatoms. The van der Waals surface area contributed by atoms with Crippen LogP contribution in [0.25, 0.3) is 0 Å². The van der Waals surface area contributed by atoms with Gasteiger partial charge >= 0.3 is 5.97 Å². The lowest BCUT2D eigenvalue weighted by atomic mass is 10.2. The highest BCUT2D eigenvalue weighted by Gasteiger charge is 2.11. The third-order valence-corrected chi connectivity index (χ3v) is 4.21. The van der Waals surface area contributed by atoms with Crippen LogP contribution >= 0.6 is 23.4 Å². The first-order valence-electron chi connectivity index (χ1n) is 7.52. The molecule has 2 rings (SSSR count). The Hall–Kier alpha value is -2.85. The van der Waals surface area contributed by atoms with Gasteiger partial charge in [-0.25, -0.2) is 4.98 Å². The van der Waals surface area contributed by atoms with E-state index in [-0.39, 0.29) is 23.0 Å². The SMILES string of the molecule is COC(=O)Cc1cc(=O)[nH]c(SCC(=O)NNC(=O)c2ccc(Cl)cc2)n1. The van der Waals surface area contributed by atoms with Crippen molar-refractivity contribution in [3.63, 3.8) is 0 Å². The van der Waals surface area contributed by atoms with Gasteiger partial charge in [0.05, 0.1) is 25.0 Å². The van der Waals surface area contributed by atoms with Crippen molar-refractivity contribution in [1.82, 2.24) is 20.8 Å². The van der Waals surface area contributed by atoms with Crippen LogP contribution in [-0.4, -0.2) is 40.6 Å². The molecule has 2 amide bonds. The average Bonchev–Trinajstić information content (AvgIpc) is 2.64. The number of rotatable bonds is 6. The number of hydrogen-bond donors (Lipinski definition) is 3. The molecule has 27 heavy (non-hydrogen) atoms. The number of hydrazine groups is 1. The van der Waals surface area contributed by atoms with Gasteiger partial charge in [-0.05, 0) is 24.3 Å². The number of hydrogen-bond acceptors (Lipinski definition) is 7. The molecule has 0 radical (unpaired) electrons. The molecule has 0 aliphatic carbocycles. The number of aromatic amines is 1. The van der Waals surface area contributed by atoms with Crippen molar-refractivity contribution in [3.8, 4) is 0 Å². The standard InChI is InChI=1S/C16H15ClN4O5S/c1-26-14(24)7-11-6-12(22)19-16(18-11)27-8-13(23)20-21-15(25)9-2-4-10(17)5-3-9/h2-6H,7-8H2,1H3,(H,20,23)(H,21,25)(H,18,19,22). The molecule has 0 saturated heterocycles. The lowest BCUT2D eigenvalue weighted by Crippen LogP contribution is -2.42. The first kappa shape index (κ1) is 20.5. The first-order chi connectivity index (χ1) is 12.9. The van der Waals surface area contributed by atoms with Gasteiger partial charge in [0.25, 0.3) is 11.5 Å². The highest BCUT2D eigenvalue weighted by atomic mass is 35.5. The Morgan fingerprint density at radius 3 is 2.59 bits per heavy atom. The molecular formula is C16H15ClN4O5S. The predicted molar refractivity (Wildman–Crippen MR) is 98.4 cm³/mol. The number of nitrogens with zero attached hydrogens (tertiary/aromatic N) is 1. The van der Waals surface area contributed by atoms with Gasteiger partial charge in [-0.15, -0.1) is 0 Å². The Labute approximate surface area is 162 Å². The number of amides is 2. The number of carbonyl (C=O) groups excluding carboxylic acids is 3. The van der Waals surface area contributed by atoms with Gasteiger partial charge in [-0.2, -0.15) is 0 Å². The molecule has 0 bridgehead atoms. The van der Waals surface area contributed by atoms with E-state index in [1.807, 2.05) is 0 Å². The summed E-state index contributed by atoms with van der Waals surface area (Å²) in [6.45, 7) is 0. The van der Waals surface area contributed by atoms with Gasteiger partial charge < -0.3 is 9.72 Å². The number of H-pyrrole nitrogens is 1. The van der Waals surface area contributed by atoms with Gasteiger partial charge in [0.2, 0.25) is 5.91 Å². The van der Waals surface area contributed by atoms with Crippen LogP contribution in [0.4, 0.5) is 0 Å². The monoisotopic (exact) mass is 410 g/mol. The number of carbonyl (C=O) groups is 3. The lowest BCUT2D eigenvalue weighted by Gasteiger charge is -2.07. The minimum atomic E-state index is -0.535. The molecule has 0 unspecified atom stereocenters. The largest absolute Gasteiger partial charge is 0.469 e. The summed E-state index contributed by atoms with van der Waals surface area (Å²) in [6.07, 6.45) is -0.155. The minimum absolute atomic E-state index is 0.120. The van der Waals surface area contributed by atoms with Crippen molar-refractivity contribution in [3.05, 3.63) is 57.0 Å². The predicted octanol–water partition coefficient (Wildman–Crippen LogP) is 0.692. The fraction of sp³-hybridized carbons (Fsp3) is 0.188. The number of benzene rings is 1. The molecule has 0 fully saturated rings. The van der Waals surface area contributed by atoms with Crippen LogP contribution in [0.5, 0.6) is 0 Å². The van der Waals surface area contributed by atoms with Crippen molar-refractivity contribution < 1.29 is 19.1 Å². The zero-order valence-electron chi connectivity index (χ0n) is 14.1. The molecule has 0 saturated carbocycles. The van der Waals surface area contributed by atoms with Gasteiger partial charge in [0.15, 0.2) is 5.16 Å². The summed E-state index contributed by atoms with van der Waals surface area (Å²) in [5.74, 6) is -1.67. The number of methoxy groups -OCH3 is 1. The maximum absolute atomic E-state index is 11.9. The number of thioether (sulfide) groups is 1. The smallest absolute Gasteiger partial charge is 0.311 e. The van der Waals surface area contributed by atoms with Gasteiger partial charge in [0, 0.05) is 16.7 Å². The highest BCUT2D eigenvalue weighted by molar-refractivity contribution is 7.99. The normalized spacial score (nSPS) is 10.1. The second kappa shape index (κ2) is 9.74. The molecular weight excluding hydrogens is 396 g/mol. The summed E-state index contributed by atoms with van der Waals surface area (Å²) in [4.78, 5) is 53.1. The Morgan fingerprint density at radius 1 is 1.22 bits per heavy atom. The molecule has 1 aromatic heterocycles. The van der Waals surface area contributed by atoms with Crippen LogP contribution in [0.2, 0.25) is 5.02 Å². The van der Waals surface area contributed by atoms with Crippen molar-refractivity contribution in [2.45, 2.75) is 11.6 Å². The third-order valence-electron chi connectivity index (χ3n) is 3.09. The van der Waals surface area contributed by atoms with Crippen LogP contribution in [-0.2, 0) is 20.7 Å². The fourth-order valence-corrected chi connectivity index (χ4v) is 2.65. The van der Waals surface area contributed by atoms with E-state index in [0.29, 0.717) is 10.6 Å². The molecule has 2 aromatic rings. The maximum atomic E-state index is 11.9. The quantitative estimate of drug-likeness (QED) is 0.276. The van der Waals surface area contributed by atoms with Crippen molar-refractivity contribution in [2.24, 2.45) is 0 Å². The molecule has 0 spiro atoms. The van der Waals surface area contributed by atoms with Crippen molar-refractivity contribution in [1.29, 1.82) is 0 Å². The number of ether oxygens (including phenoxy) is 1. The fourth-order valence-electron chi connectivity index (χ4n) is 1.83. The number of esters is 1. The molecule has 9 nitrogen and oxygen atoms in total. The van der Waals surface area contributed by atoms with Crippen LogP contribution in [0.1, 0.15) is 16.1 Å². The number of aromatic nitrogens is 2. The van der Waals surface area contributed by atoms with Crippen molar-refractivity contribution in [2.75, 3.05) is 12.9 Å². The Bertz CT molecular complexity index is 900. The Morgan fingerprint density at radius 2 is 1.93 bits per heavy atom. The Kier molecular flexibility index (Phi) is 7.38. The van der Waals surface area contributed by atoms with Gasteiger partial charge in [-0.3, -0.25) is 30.0 Å². The first-order valence-corrected chi connectivity index (χ1v) is 8.88. The molecule has 142 valence electrons. The zero-order valence-corrected chi connectivity index (χ0v) is 15.6. The highest BCUT2D eigenvalue weighted by Crippen LogP contribution is 2.11. The molecule has 1 aromatic carbocycles. The summed E-state index contributed by atoms with van der Waals surface area (Å²) in [5, 5.41) is 0.656. The van der Waals surface area contributed by atoms with E-state index in [2.05, 4.69) is 25.6 Å². The van der Waals surface area contributed by atoms with Crippen molar-refractivity contribution >= 4 is 41.1 Å². The molecule has 1 heterocycles. The van der Waals surface area contributed by atoms with E-state index < -0.39 is 23.3 Å². The number of halogens is 1. The van der Waals surface area contributed by atoms with Gasteiger partial charge in [-0.1, -0.05) is 23.4 Å². The molecule has 0 aliphatic heterocycles. The topological polar surface area (TPSA) is 130 Å². The summed E-state index contributed by atoms with van der Waals surface area (Å²) in [5.41, 5.74) is 4.61. The molecule has 0 atom stereocenters. The van der Waals surface area contributed by atoms with E-state index in [1.165, 1.54) is 25.3 Å². The average molecular weight is 411 g/mol. The minimum Gasteiger partial charge on any atom is -0.469 e. The third kappa shape index (κ3) is 6.76. The summed E-state index contributed by atoms with van der Waals surface area (Å²) >= 11 is 6.68. The van der Waals surface area contributed by atoms with Gasteiger partial charge in [0.1, 0.15) is 0 Å². The van der Waals surface area contributed by atoms with E-state index in [4.69, 9.17) is 11.6 Å². The van der Waals surface area contributed by atoms with Crippen LogP contribution in [0, 0.1) is 0 Å². The second-order valence-electron chi connectivity index (χ2n) is 5.09. The molecule has 0 aliphatic rings. The summed E-state index contributed by atoms with van der Waals surface area (Å²) in [6, 6.07) is 7.31. The maximum Gasteiger partial charge on any atom is 0.311 e. The molecule has 3 N–H and O–H groups in total. The van der Waals surface area contributed by atoms with Crippen LogP contribution in [0.15, 0.2) is 40.3 Å². The van der Waals surface area contributed by atoms with Crippen LogP contribution < -0.4 is 16.4 Å². The second-order valence-corrected chi connectivity index (χ2v) is 6.49. The van der Waals surface area contributed by atoms with E-state index in [9.17, 15) is 19.2 Å². The van der Waals surface area contributed by atoms with E-state index in [1.54, 1.807) is 12.1 Å². The Balaban J connectivity index is 1.86. The van der Waals surface area contributed by atoms with E-state index >= 15 is 0 Å². The summed E-state index contributed by atoms with van der Waals surface area (Å²) in [7, 11) is 1.23. The summed E-state index contributed by atoms with van der Waals surface area (Å²) < 4.78 is 4.52. The van der Waals surface area contributed by atoms with Crippen LogP contribution in [0.3, 0.4) is 0 Å². The lowest BCUT2D eigenvalue weighted by molar-refractivity contribution is -0.139. The zero-order chi connectivity index (χ0) is 19.8. The van der Waals surface area contributed by atoms with E-state index in [0.717, 1.165) is 11.8 Å². The number of nitrogens with one attached hydrogen (secondary N) is 3.